The molecule has 3 atom stereocenters. The number of carbonyl (C=O) groups excluding carboxylic acids is 2. The van der Waals surface area contributed by atoms with Gasteiger partial charge in [-0.25, -0.2) is 4.79 Å². The van der Waals surface area contributed by atoms with E-state index in [0.29, 0.717) is 23.8 Å². The lowest BCUT2D eigenvalue weighted by Crippen LogP contribution is -2.14. The Bertz CT molecular complexity index is 582. The minimum atomic E-state index is -0.382. The third-order valence-electron chi connectivity index (χ3n) is 4.87. The summed E-state index contributed by atoms with van der Waals surface area (Å²) < 4.78 is 10.5. The van der Waals surface area contributed by atoms with Crippen molar-refractivity contribution in [3.63, 3.8) is 0 Å². The zero-order valence-corrected chi connectivity index (χ0v) is 12.5. The van der Waals surface area contributed by atoms with E-state index in [2.05, 4.69) is 19.6 Å². The lowest BCUT2D eigenvalue weighted by Gasteiger charge is -2.20. The van der Waals surface area contributed by atoms with Gasteiger partial charge in [0.2, 0.25) is 0 Å². The van der Waals surface area contributed by atoms with Gasteiger partial charge in [0.25, 0.3) is 0 Å². The molecule has 1 aliphatic heterocycles. The summed E-state index contributed by atoms with van der Waals surface area (Å²) in [4.78, 5) is 23.0. The summed E-state index contributed by atoms with van der Waals surface area (Å²) in [5.41, 5.74) is 4.06. The van der Waals surface area contributed by atoms with E-state index in [4.69, 9.17) is 9.47 Å². The van der Waals surface area contributed by atoms with E-state index < -0.39 is 0 Å². The number of fused-ring (bicyclic) bond motifs is 2. The molecule has 0 spiro atoms. The topological polar surface area (TPSA) is 52.6 Å². The summed E-state index contributed by atoms with van der Waals surface area (Å²) in [6, 6.07) is 0. The molecule has 0 N–H and O–H groups in total. The van der Waals surface area contributed by atoms with E-state index >= 15 is 0 Å². The molecule has 0 aromatic carbocycles. The van der Waals surface area contributed by atoms with Gasteiger partial charge in [0, 0.05) is 13.3 Å². The van der Waals surface area contributed by atoms with Crippen LogP contribution in [0.2, 0.25) is 0 Å². The lowest BCUT2D eigenvalue weighted by atomic mass is 9.84. The van der Waals surface area contributed by atoms with Crippen LogP contribution in [-0.2, 0) is 19.1 Å². The van der Waals surface area contributed by atoms with Crippen molar-refractivity contribution in [3.8, 4) is 0 Å². The smallest absolute Gasteiger partial charge is 0.338 e. The van der Waals surface area contributed by atoms with Crippen LogP contribution >= 0.6 is 0 Å². The van der Waals surface area contributed by atoms with E-state index in [-0.39, 0.29) is 24.6 Å². The summed E-state index contributed by atoms with van der Waals surface area (Å²) in [7, 11) is 0. The van der Waals surface area contributed by atoms with E-state index in [0.717, 1.165) is 24.0 Å². The second-order valence-electron chi connectivity index (χ2n) is 6.14. The van der Waals surface area contributed by atoms with Gasteiger partial charge in [-0.05, 0) is 37.2 Å². The van der Waals surface area contributed by atoms with Crippen LogP contribution in [0.3, 0.4) is 0 Å². The molecule has 0 saturated heterocycles. The average molecular weight is 288 g/mol. The van der Waals surface area contributed by atoms with E-state index in [9.17, 15) is 9.59 Å². The largest absolute Gasteiger partial charge is 0.461 e. The highest BCUT2D eigenvalue weighted by Crippen LogP contribution is 2.47. The number of hydrogen-bond acceptors (Lipinski definition) is 4. The Morgan fingerprint density at radius 2 is 2.19 bits per heavy atom. The standard InChI is InChI=1S/C17H20O4/c1-9-4-5-12-10(2)6-16-14(7-13(9)12)15(17(19)21-16)8-20-11(3)18/h4,12-13,16H,2,5-8H2,1,3H3. The van der Waals surface area contributed by atoms with Crippen LogP contribution in [-0.4, -0.2) is 24.6 Å². The summed E-state index contributed by atoms with van der Waals surface area (Å²) in [6.07, 6.45) is 4.58. The predicted octanol–water partition coefficient (Wildman–Crippen LogP) is 2.70. The molecule has 1 heterocycles. The third-order valence-corrected chi connectivity index (χ3v) is 4.87. The molecule has 3 rings (SSSR count). The molecular formula is C17H20O4. The van der Waals surface area contributed by atoms with Gasteiger partial charge in [0.1, 0.15) is 12.7 Å². The number of allylic oxidation sites excluding steroid dienone is 2. The van der Waals surface area contributed by atoms with Crippen LogP contribution in [0.25, 0.3) is 0 Å². The number of ether oxygens (including phenoxy) is 2. The van der Waals surface area contributed by atoms with Crippen LogP contribution in [0.1, 0.15) is 33.1 Å². The first-order valence-corrected chi connectivity index (χ1v) is 7.38. The maximum absolute atomic E-state index is 12.0. The Morgan fingerprint density at radius 1 is 1.43 bits per heavy atom. The van der Waals surface area contributed by atoms with Crippen molar-refractivity contribution in [1.82, 2.24) is 0 Å². The highest BCUT2D eigenvalue weighted by atomic mass is 16.6. The average Bonchev–Trinajstić information content (AvgIpc) is 2.86. The maximum atomic E-state index is 12.0. The van der Waals surface area contributed by atoms with Gasteiger partial charge < -0.3 is 9.47 Å². The lowest BCUT2D eigenvalue weighted by molar-refractivity contribution is -0.142. The molecule has 1 saturated carbocycles. The monoisotopic (exact) mass is 288 g/mol. The van der Waals surface area contributed by atoms with Gasteiger partial charge in [-0.1, -0.05) is 23.8 Å². The Hall–Kier alpha value is -1.84. The summed E-state index contributed by atoms with van der Waals surface area (Å²) in [5.74, 6) is 0.130. The van der Waals surface area contributed by atoms with Crippen molar-refractivity contribution < 1.29 is 19.1 Å². The number of hydrogen-bond donors (Lipinski definition) is 0. The molecule has 4 heteroatoms. The van der Waals surface area contributed by atoms with Gasteiger partial charge in [0.05, 0.1) is 5.57 Å². The molecule has 0 aromatic rings. The third kappa shape index (κ3) is 2.43. The van der Waals surface area contributed by atoms with Crippen molar-refractivity contribution >= 4 is 11.9 Å². The van der Waals surface area contributed by atoms with E-state index in [1.54, 1.807) is 0 Å². The van der Waals surface area contributed by atoms with Crippen LogP contribution in [0.4, 0.5) is 0 Å². The number of carbonyl (C=O) groups is 2. The quantitative estimate of drug-likeness (QED) is 0.579. The van der Waals surface area contributed by atoms with Crippen LogP contribution in [0, 0.1) is 11.8 Å². The van der Waals surface area contributed by atoms with Crippen LogP contribution in [0.15, 0.2) is 34.9 Å². The summed E-state index contributed by atoms with van der Waals surface area (Å²) in [5, 5.41) is 0. The van der Waals surface area contributed by atoms with Gasteiger partial charge in [-0.3, -0.25) is 4.79 Å². The van der Waals surface area contributed by atoms with Crippen LogP contribution in [0.5, 0.6) is 0 Å². The van der Waals surface area contributed by atoms with Gasteiger partial charge >= 0.3 is 11.9 Å². The van der Waals surface area contributed by atoms with Gasteiger partial charge in [-0.2, -0.15) is 0 Å². The van der Waals surface area contributed by atoms with Crippen LogP contribution < -0.4 is 0 Å². The minimum Gasteiger partial charge on any atom is -0.461 e. The summed E-state index contributed by atoms with van der Waals surface area (Å²) >= 11 is 0. The maximum Gasteiger partial charge on any atom is 0.338 e. The highest BCUT2D eigenvalue weighted by Gasteiger charge is 2.42. The highest BCUT2D eigenvalue weighted by molar-refractivity contribution is 5.93. The Morgan fingerprint density at radius 3 is 2.90 bits per heavy atom. The molecule has 0 radical (unpaired) electrons. The number of esters is 2. The molecule has 3 unspecified atom stereocenters. The fourth-order valence-electron chi connectivity index (χ4n) is 3.67. The van der Waals surface area contributed by atoms with Crippen molar-refractivity contribution in [1.29, 1.82) is 0 Å². The van der Waals surface area contributed by atoms with E-state index in [1.165, 1.54) is 12.5 Å². The molecule has 21 heavy (non-hydrogen) atoms. The Kier molecular flexibility index (Phi) is 3.47. The minimum absolute atomic E-state index is 0.0205. The SMILES string of the molecule is C=C1CC2OC(=O)C(COC(C)=O)=C2CC2C(C)=CCC12. The molecular weight excluding hydrogens is 268 g/mol. The first kappa shape index (κ1) is 14.1. The van der Waals surface area contributed by atoms with E-state index in [1.807, 2.05) is 0 Å². The van der Waals surface area contributed by atoms with Crippen molar-refractivity contribution in [2.24, 2.45) is 11.8 Å². The second-order valence-corrected chi connectivity index (χ2v) is 6.14. The molecule has 4 nitrogen and oxygen atoms in total. The second kappa shape index (κ2) is 5.17. The first-order valence-electron chi connectivity index (χ1n) is 7.38. The number of rotatable bonds is 2. The zero-order chi connectivity index (χ0) is 15.1. The Balaban J connectivity index is 1.92. The molecule has 0 bridgehead atoms. The Labute approximate surface area is 124 Å². The predicted molar refractivity (Wildman–Crippen MR) is 77.3 cm³/mol. The van der Waals surface area contributed by atoms with Gasteiger partial charge in [0.15, 0.2) is 0 Å². The molecule has 3 aliphatic rings. The van der Waals surface area contributed by atoms with Gasteiger partial charge in [-0.15, -0.1) is 0 Å². The normalized spacial score (nSPS) is 31.3. The molecule has 1 fully saturated rings. The molecule has 0 aromatic heterocycles. The van der Waals surface area contributed by atoms with Crippen molar-refractivity contribution in [3.05, 3.63) is 34.9 Å². The molecule has 112 valence electrons. The van der Waals surface area contributed by atoms with Crippen molar-refractivity contribution in [2.45, 2.75) is 39.2 Å². The summed E-state index contributed by atoms with van der Waals surface area (Å²) in [6.45, 7) is 7.71. The first-order chi connectivity index (χ1) is 9.97. The fraction of sp³-hybridized carbons (Fsp3) is 0.529. The van der Waals surface area contributed by atoms with Crippen molar-refractivity contribution in [2.75, 3.05) is 6.61 Å². The molecule has 2 aliphatic carbocycles. The molecule has 0 amide bonds. The fourth-order valence-corrected chi connectivity index (χ4v) is 3.67. The zero-order valence-electron chi connectivity index (χ0n) is 12.5.